The van der Waals surface area contributed by atoms with Gasteiger partial charge in [-0.1, -0.05) is 5.70 Å². The molecule has 0 aliphatic carbocycles. The minimum absolute atomic E-state index is 0.384. The first-order chi connectivity index (χ1) is 6.79. The fraction of sp³-hybridized carbons (Fsp3) is 0.600. The lowest BCUT2D eigenvalue weighted by Crippen LogP contribution is -2.09. The maximum atomic E-state index is 5.42. The third kappa shape index (κ3) is 4.96. The molecule has 4 heteroatoms. The molecule has 0 spiro atoms. The minimum Gasteiger partial charge on any atom is -0.496 e. The molecule has 14 heavy (non-hydrogen) atoms. The van der Waals surface area contributed by atoms with Gasteiger partial charge < -0.3 is 14.2 Å². The fourth-order valence-corrected chi connectivity index (χ4v) is 1.51. The highest BCUT2D eigenvalue weighted by Gasteiger charge is 2.09. The second kappa shape index (κ2) is 8.68. The molecule has 0 aromatic rings. The minimum atomic E-state index is 0.384. The molecule has 0 aliphatic rings. The average Bonchev–Trinajstić information content (AvgIpc) is 2.17. The second-order valence-electron chi connectivity index (χ2n) is 2.26. The lowest BCUT2D eigenvalue weighted by molar-refractivity contribution is 0.0286. The Balaban J connectivity index is 4.52. The van der Waals surface area contributed by atoms with Crippen LogP contribution in [0, 0.1) is 0 Å². The van der Waals surface area contributed by atoms with Crippen molar-refractivity contribution in [2.24, 2.45) is 0 Å². The van der Waals surface area contributed by atoms with E-state index in [-0.39, 0.29) is 0 Å². The summed E-state index contributed by atoms with van der Waals surface area (Å²) >= 11 is 0. The number of hydrogen-bond acceptors (Lipinski definition) is 3. The van der Waals surface area contributed by atoms with Gasteiger partial charge >= 0.3 is 5.95 Å². The van der Waals surface area contributed by atoms with Gasteiger partial charge in [-0.25, -0.2) is 0 Å². The predicted molar refractivity (Wildman–Crippen MR) is 57.9 cm³/mol. The second-order valence-corrected chi connectivity index (χ2v) is 3.42. The average molecular weight is 214 g/mol. The van der Waals surface area contributed by atoms with Crippen molar-refractivity contribution in [2.75, 3.05) is 19.8 Å². The van der Waals surface area contributed by atoms with Gasteiger partial charge in [0.2, 0.25) is 0 Å². The first-order valence-corrected chi connectivity index (χ1v) is 5.87. The van der Waals surface area contributed by atoms with Crippen molar-refractivity contribution in [3.05, 3.63) is 23.6 Å². The van der Waals surface area contributed by atoms with Crippen LogP contribution in [0.15, 0.2) is 23.6 Å². The smallest absolute Gasteiger partial charge is 0.313 e. The van der Waals surface area contributed by atoms with E-state index in [0.29, 0.717) is 35.3 Å². The molecule has 0 saturated carbocycles. The quantitative estimate of drug-likeness (QED) is 0.457. The Hall–Kier alpha value is -0.903. The number of rotatable bonds is 8. The molecular weight excluding hydrogens is 196 g/mol. The molecule has 0 fully saturated rings. The Morgan fingerprint density at radius 3 is 1.93 bits per heavy atom. The summed E-state index contributed by atoms with van der Waals surface area (Å²) in [5, 5.41) is 0.742. The van der Waals surface area contributed by atoms with Crippen LogP contribution >= 0.6 is 0 Å². The summed E-state index contributed by atoms with van der Waals surface area (Å²) in [6.45, 7) is 11.2. The van der Waals surface area contributed by atoms with Gasteiger partial charge in [0.25, 0.3) is 0 Å². The van der Waals surface area contributed by atoms with Crippen molar-refractivity contribution in [2.45, 2.75) is 20.8 Å². The van der Waals surface area contributed by atoms with Gasteiger partial charge in [0.05, 0.1) is 19.8 Å². The van der Waals surface area contributed by atoms with Crippen LogP contribution in [-0.2, 0) is 14.2 Å². The van der Waals surface area contributed by atoms with E-state index in [1.54, 1.807) is 5.70 Å². The van der Waals surface area contributed by atoms with Crippen molar-refractivity contribution in [3.8, 4) is 0 Å². The molecule has 3 nitrogen and oxygen atoms in total. The first kappa shape index (κ1) is 13.1. The third-order valence-corrected chi connectivity index (χ3v) is 2.07. The summed E-state index contributed by atoms with van der Waals surface area (Å²) in [7, 11) is 0.384. The van der Waals surface area contributed by atoms with Gasteiger partial charge in [0, 0.05) is 0 Å². The number of ether oxygens (including phenoxy) is 3. The normalized spacial score (nSPS) is 9.07. The molecule has 0 aliphatic heterocycles. The Kier molecular flexibility index (Phi) is 8.12. The van der Waals surface area contributed by atoms with Crippen LogP contribution in [0.2, 0.25) is 0 Å². The molecule has 0 amide bonds. The zero-order chi connectivity index (χ0) is 10.8. The maximum absolute atomic E-state index is 5.42. The van der Waals surface area contributed by atoms with Crippen molar-refractivity contribution >= 4 is 9.52 Å². The lowest BCUT2D eigenvalue weighted by Gasteiger charge is -2.14. The molecule has 0 rings (SSSR count). The molecule has 0 aromatic heterocycles. The summed E-state index contributed by atoms with van der Waals surface area (Å²) in [4.78, 5) is 0. The van der Waals surface area contributed by atoms with Gasteiger partial charge in [0.15, 0.2) is 14.9 Å². The third-order valence-electron chi connectivity index (χ3n) is 1.26. The summed E-state index contributed by atoms with van der Waals surface area (Å²) in [5.41, 5.74) is 1.79. The van der Waals surface area contributed by atoms with Crippen LogP contribution in [0.1, 0.15) is 20.8 Å². The predicted octanol–water partition coefficient (Wildman–Crippen LogP) is 2.07. The molecule has 0 bridgehead atoms. The van der Waals surface area contributed by atoms with Crippen LogP contribution in [0.3, 0.4) is 0 Å². The molecular formula is C10H18O3Si. The summed E-state index contributed by atoms with van der Waals surface area (Å²) < 4.78 is 16.1. The van der Waals surface area contributed by atoms with Crippen LogP contribution in [0.5, 0.6) is 0 Å². The SMILES string of the molecule is C=C[Si]C(OCC)=C(OCC)OCC. The monoisotopic (exact) mass is 214 g/mol. The van der Waals surface area contributed by atoms with E-state index >= 15 is 0 Å². The standard InChI is InChI=1S/C10H18O3Si/c1-5-11-9(12-6-2)10(13-7-3)14-8-4/h8H,4-7H2,1-3H3. The van der Waals surface area contributed by atoms with Gasteiger partial charge in [-0.2, -0.15) is 0 Å². The Morgan fingerprint density at radius 2 is 1.57 bits per heavy atom. The molecule has 0 atom stereocenters. The zero-order valence-electron chi connectivity index (χ0n) is 9.13. The summed E-state index contributed by atoms with van der Waals surface area (Å²) in [5.74, 6) is 0.495. The van der Waals surface area contributed by atoms with Crippen LogP contribution in [0.4, 0.5) is 0 Å². The van der Waals surface area contributed by atoms with E-state index < -0.39 is 0 Å². The lowest BCUT2D eigenvalue weighted by atomic mass is 10.8. The Morgan fingerprint density at radius 1 is 1.07 bits per heavy atom. The van der Waals surface area contributed by atoms with Gasteiger partial charge in [0.1, 0.15) is 0 Å². The molecule has 0 heterocycles. The highest BCUT2D eigenvalue weighted by atomic mass is 28.2. The van der Waals surface area contributed by atoms with Crippen LogP contribution in [-0.4, -0.2) is 29.3 Å². The van der Waals surface area contributed by atoms with Crippen molar-refractivity contribution in [1.29, 1.82) is 0 Å². The fourth-order valence-electron chi connectivity index (χ4n) is 0.832. The summed E-state index contributed by atoms with van der Waals surface area (Å²) in [6.07, 6.45) is 0. The van der Waals surface area contributed by atoms with Gasteiger partial charge in [-0.15, -0.1) is 6.58 Å². The Labute approximate surface area is 88.6 Å². The maximum Gasteiger partial charge on any atom is 0.313 e. The van der Waals surface area contributed by atoms with E-state index in [0.717, 1.165) is 5.38 Å². The first-order valence-electron chi connectivity index (χ1n) is 4.80. The molecule has 0 aromatic carbocycles. The van der Waals surface area contributed by atoms with Crippen molar-refractivity contribution in [3.63, 3.8) is 0 Å². The van der Waals surface area contributed by atoms with E-state index in [1.165, 1.54) is 0 Å². The van der Waals surface area contributed by atoms with Crippen LogP contribution in [0.25, 0.3) is 0 Å². The van der Waals surface area contributed by atoms with Crippen molar-refractivity contribution < 1.29 is 14.2 Å². The Bertz CT molecular complexity index is 182. The highest BCUT2D eigenvalue weighted by Crippen LogP contribution is 2.09. The molecule has 80 valence electrons. The van der Waals surface area contributed by atoms with Gasteiger partial charge in [-0.05, 0) is 20.8 Å². The topological polar surface area (TPSA) is 27.7 Å². The van der Waals surface area contributed by atoms with Crippen molar-refractivity contribution in [1.82, 2.24) is 0 Å². The van der Waals surface area contributed by atoms with E-state index in [9.17, 15) is 0 Å². The van der Waals surface area contributed by atoms with Crippen LogP contribution < -0.4 is 0 Å². The van der Waals surface area contributed by atoms with E-state index in [2.05, 4.69) is 6.58 Å². The van der Waals surface area contributed by atoms with Gasteiger partial charge in [-0.3, -0.25) is 0 Å². The largest absolute Gasteiger partial charge is 0.496 e. The highest BCUT2D eigenvalue weighted by molar-refractivity contribution is 6.50. The van der Waals surface area contributed by atoms with E-state index in [4.69, 9.17) is 14.2 Å². The molecule has 0 saturated heterocycles. The van der Waals surface area contributed by atoms with E-state index in [1.807, 2.05) is 20.8 Å². The molecule has 0 unspecified atom stereocenters. The zero-order valence-corrected chi connectivity index (χ0v) is 10.1. The molecule has 0 N–H and O–H groups in total. The summed E-state index contributed by atoms with van der Waals surface area (Å²) in [6, 6.07) is 0. The number of hydrogen-bond donors (Lipinski definition) is 0. The molecule has 2 radical (unpaired) electrons.